The Kier molecular flexibility index (Phi) is 5.74. The third kappa shape index (κ3) is 4.39. The van der Waals surface area contributed by atoms with Crippen LogP contribution >= 0.6 is 0 Å². The maximum atomic E-state index is 12.9. The van der Waals surface area contributed by atoms with E-state index in [1.54, 1.807) is 12.3 Å². The van der Waals surface area contributed by atoms with Crippen LogP contribution in [0.15, 0.2) is 59.5 Å². The third-order valence-electron chi connectivity index (χ3n) is 6.00. The van der Waals surface area contributed by atoms with Crippen LogP contribution < -0.4 is 5.56 Å². The van der Waals surface area contributed by atoms with E-state index in [4.69, 9.17) is 0 Å². The molecule has 1 aliphatic rings. The van der Waals surface area contributed by atoms with E-state index >= 15 is 0 Å². The molecule has 0 N–H and O–H groups in total. The molecular formula is C24H27N3O2. The zero-order valence-corrected chi connectivity index (χ0v) is 16.9. The van der Waals surface area contributed by atoms with E-state index in [0.717, 1.165) is 44.2 Å². The van der Waals surface area contributed by atoms with Crippen LogP contribution in [-0.4, -0.2) is 33.7 Å². The van der Waals surface area contributed by atoms with Gasteiger partial charge in [-0.1, -0.05) is 42.5 Å². The number of rotatable bonds is 5. The molecule has 1 amide bonds. The first-order chi connectivity index (χ1) is 14.1. The molecule has 1 aromatic heterocycles. The van der Waals surface area contributed by atoms with Crippen molar-refractivity contribution in [3.63, 3.8) is 0 Å². The summed E-state index contributed by atoms with van der Waals surface area (Å²) in [4.78, 5) is 27.4. The average molecular weight is 389 g/mol. The second kappa shape index (κ2) is 8.60. The molecular weight excluding hydrogens is 362 g/mol. The number of nitrogens with zero attached hydrogens (tertiary/aromatic N) is 3. The van der Waals surface area contributed by atoms with Gasteiger partial charge in [0, 0.05) is 18.5 Å². The minimum atomic E-state index is -0.204. The lowest BCUT2D eigenvalue weighted by molar-refractivity contribution is -0.134. The van der Waals surface area contributed by atoms with E-state index in [1.165, 1.54) is 15.8 Å². The van der Waals surface area contributed by atoms with Gasteiger partial charge in [0.2, 0.25) is 5.91 Å². The fraction of sp³-hybridized carbons (Fsp3) is 0.375. The van der Waals surface area contributed by atoms with E-state index in [2.05, 4.69) is 36.3 Å². The predicted molar refractivity (Wildman–Crippen MR) is 115 cm³/mol. The highest BCUT2D eigenvalue weighted by atomic mass is 16.2. The first-order valence-corrected chi connectivity index (χ1v) is 10.4. The lowest BCUT2D eigenvalue weighted by Gasteiger charge is -2.33. The number of amides is 1. The summed E-state index contributed by atoms with van der Waals surface area (Å²) in [5, 5.41) is 5.61. The summed E-state index contributed by atoms with van der Waals surface area (Å²) in [6.45, 7) is 3.70. The molecule has 0 saturated carbocycles. The Morgan fingerprint density at radius 3 is 2.79 bits per heavy atom. The highest BCUT2D eigenvalue weighted by Crippen LogP contribution is 2.23. The Hall–Kier alpha value is -2.95. The molecule has 1 fully saturated rings. The Bertz CT molecular complexity index is 1070. The lowest BCUT2D eigenvalue weighted by atomic mass is 9.90. The number of hydrogen-bond acceptors (Lipinski definition) is 3. The molecule has 0 aliphatic carbocycles. The molecule has 0 spiro atoms. The van der Waals surface area contributed by atoms with E-state index in [0.29, 0.717) is 11.3 Å². The second-order valence-corrected chi connectivity index (χ2v) is 8.01. The molecule has 5 nitrogen and oxygen atoms in total. The van der Waals surface area contributed by atoms with Crippen molar-refractivity contribution in [3.8, 4) is 0 Å². The van der Waals surface area contributed by atoms with Crippen LogP contribution in [0, 0.1) is 12.8 Å². The largest absolute Gasteiger partial charge is 0.341 e. The van der Waals surface area contributed by atoms with Gasteiger partial charge < -0.3 is 4.90 Å². The SMILES string of the molecule is Cc1ccccc1CC[C@H]1CCCN(C(=O)Cn2ncc3ccccc3c2=O)C1. The molecule has 29 heavy (non-hydrogen) atoms. The van der Waals surface area contributed by atoms with Crippen molar-refractivity contribution in [2.45, 2.75) is 39.2 Å². The second-order valence-electron chi connectivity index (χ2n) is 8.01. The monoisotopic (exact) mass is 389 g/mol. The minimum absolute atomic E-state index is 0.00812. The van der Waals surface area contributed by atoms with Gasteiger partial charge in [-0.3, -0.25) is 9.59 Å². The number of carbonyl (C=O) groups is 1. The molecule has 4 rings (SSSR count). The molecule has 3 aromatic rings. The molecule has 2 heterocycles. The fourth-order valence-corrected chi connectivity index (χ4v) is 4.25. The van der Waals surface area contributed by atoms with Crippen molar-refractivity contribution < 1.29 is 4.79 Å². The van der Waals surface area contributed by atoms with Gasteiger partial charge in [0.25, 0.3) is 5.56 Å². The number of carbonyl (C=O) groups excluding carboxylic acids is 1. The maximum absolute atomic E-state index is 12.9. The van der Waals surface area contributed by atoms with Crippen molar-refractivity contribution in [2.24, 2.45) is 5.92 Å². The molecule has 0 bridgehead atoms. The summed E-state index contributed by atoms with van der Waals surface area (Å²) >= 11 is 0. The zero-order valence-electron chi connectivity index (χ0n) is 16.9. The molecule has 2 aromatic carbocycles. The van der Waals surface area contributed by atoms with Crippen molar-refractivity contribution in [1.29, 1.82) is 0 Å². The van der Waals surface area contributed by atoms with E-state index < -0.39 is 0 Å². The molecule has 1 atom stereocenters. The molecule has 5 heteroatoms. The van der Waals surface area contributed by atoms with Crippen molar-refractivity contribution in [3.05, 3.63) is 76.2 Å². The van der Waals surface area contributed by atoms with Gasteiger partial charge >= 0.3 is 0 Å². The Labute approximate surface area is 171 Å². The van der Waals surface area contributed by atoms with Crippen LogP contribution in [0.25, 0.3) is 10.8 Å². The van der Waals surface area contributed by atoms with Crippen molar-refractivity contribution in [2.75, 3.05) is 13.1 Å². The summed E-state index contributed by atoms with van der Waals surface area (Å²) in [5.41, 5.74) is 2.52. The Morgan fingerprint density at radius 1 is 1.14 bits per heavy atom. The zero-order chi connectivity index (χ0) is 20.2. The van der Waals surface area contributed by atoms with Gasteiger partial charge in [-0.25, -0.2) is 4.68 Å². The molecule has 1 aliphatic heterocycles. The topological polar surface area (TPSA) is 55.2 Å². The summed E-state index contributed by atoms with van der Waals surface area (Å²) < 4.78 is 1.29. The number of benzene rings is 2. The number of fused-ring (bicyclic) bond motifs is 1. The standard InChI is InChI=1S/C24H27N3O2/c1-18-7-2-3-9-20(18)13-12-19-8-6-14-26(16-19)23(28)17-27-24(29)22-11-5-4-10-21(22)15-25-27/h2-5,7,9-11,15,19H,6,8,12-14,16-17H2,1H3/t19-/m1/s1. The number of aryl methyl sites for hydroxylation is 2. The van der Waals surface area contributed by atoms with Crippen LogP contribution in [-0.2, 0) is 17.8 Å². The summed E-state index contributed by atoms with van der Waals surface area (Å²) in [5.74, 6) is 0.490. The first-order valence-electron chi connectivity index (χ1n) is 10.4. The van der Waals surface area contributed by atoms with Gasteiger partial charge in [-0.15, -0.1) is 0 Å². The quantitative estimate of drug-likeness (QED) is 0.670. The van der Waals surface area contributed by atoms with Gasteiger partial charge in [-0.2, -0.15) is 5.10 Å². The highest BCUT2D eigenvalue weighted by Gasteiger charge is 2.24. The van der Waals surface area contributed by atoms with E-state index in [-0.39, 0.29) is 18.0 Å². The minimum Gasteiger partial charge on any atom is -0.341 e. The van der Waals surface area contributed by atoms with E-state index in [1.807, 2.05) is 23.1 Å². The molecule has 1 saturated heterocycles. The van der Waals surface area contributed by atoms with Gasteiger partial charge in [0.15, 0.2) is 0 Å². The van der Waals surface area contributed by atoms with Crippen LogP contribution in [0.4, 0.5) is 0 Å². The number of aromatic nitrogens is 2. The van der Waals surface area contributed by atoms with Crippen molar-refractivity contribution >= 4 is 16.7 Å². The average Bonchev–Trinajstić information content (AvgIpc) is 2.75. The first kappa shape index (κ1) is 19.4. The number of likely N-dealkylation sites (tertiary alicyclic amines) is 1. The Morgan fingerprint density at radius 2 is 1.93 bits per heavy atom. The summed E-state index contributed by atoms with van der Waals surface area (Å²) in [6.07, 6.45) is 5.97. The van der Waals surface area contributed by atoms with Crippen LogP contribution in [0.1, 0.15) is 30.4 Å². The van der Waals surface area contributed by atoms with Gasteiger partial charge in [0.1, 0.15) is 6.54 Å². The maximum Gasteiger partial charge on any atom is 0.275 e. The molecule has 150 valence electrons. The summed E-state index contributed by atoms with van der Waals surface area (Å²) in [6, 6.07) is 15.9. The predicted octanol–water partition coefficient (Wildman–Crippen LogP) is 3.58. The van der Waals surface area contributed by atoms with Crippen molar-refractivity contribution in [1.82, 2.24) is 14.7 Å². The molecule has 0 unspecified atom stereocenters. The van der Waals surface area contributed by atoms with Gasteiger partial charge in [0.05, 0.1) is 11.6 Å². The van der Waals surface area contributed by atoms with Crippen LogP contribution in [0.5, 0.6) is 0 Å². The molecule has 0 radical (unpaired) electrons. The Balaban J connectivity index is 1.39. The summed E-state index contributed by atoms with van der Waals surface area (Å²) in [7, 11) is 0. The highest BCUT2D eigenvalue weighted by molar-refractivity contribution is 5.81. The van der Waals surface area contributed by atoms with Crippen LogP contribution in [0.2, 0.25) is 0 Å². The fourth-order valence-electron chi connectivity index (χ4n) is 4.25. The number of hydrogen-bond donors (Lipinski definition) is 0. The van der Waals surface area contributed by atoms with E-state index in [9.17, 15) is 9.59 Å². The van der Waals surface area contributed by atoms with Crippen LogP contribution in [0.3, 0.4) is 0 Å². The number of piperidine rings is 1. The lowest BCUT2D eigenvalue weighted by Crippen LogP contribution is -2.43. The third-order valence-corrected chi connectivity index (χ3v) is 6.00. The normalized spacial score (nSPS) is 16.9. The smallest absolute Gasteiger partial charge is 0.275 e. The van der Waals surface area contributed by atoms with Gasteiger partial charge in [-0.05, 0) is 55.7 Å².